The zero-order chi connectivity index (χ0) is 16.2. The van der Waals surface area contributed by atoms with E-state index in [4.69, 9.17) is 16.3 Å². The van der Waals surface area contributed by atoms with Crippen LogP contribution in [0, 0.1) is 0 Å². The Balaban J connectivity index is 3.02. The van der Waals surface area contributed by atoms with Crippen molar-refractivity contribution in [2.45, 2.75) is 32.4 Å². The van der Waals surface area contributed by atoms with Gasteiger partial charge in [-0.3, -0.25) is 4.79 Å². The second kappa shape index (κ2) is 6.80. The Morgan fingerprint density at radius 1 is 1.24 bits per heavy atom. The number of alkyl carbamates (subject to hydrolysis) is 1. The Kier molecular flexibility index (Phi) is 5.61. The van der Waals surface area contributed by atoms with Gasteiger partial charge in [0.25, 0.3) is 0 Å². The molecule has 1 rings (SSSR count). The summed E-state index contributed by atoms with van der Waals surface area (Å²) in [4.78, 5) is 25.6. The summed E-state index contributed by atoms with van der Waals surface area (Å²) < 4.78 is 5.20. The van der Waals surface area contributed by atoms with E-state index in [2.05, 4.69) is 5.32 Å². The molecule has 0 spiro atoms. The Labute approximate surface area is 130 Å². The van der Waals surface area contributed by atoms with Gasteiger partial charge >= 0.3 is 6.09 Å². The summed E-state index contributed by atoms with van der Waals surface area (Å²) in [5.74, 6) is -0.283. The standard InChI is InChI=1S/C15H21ClN2O3/c1-15(2,3)21-14(20)17-12(13(19)18(4)5)10-8-6-7-9-11(10)16/h6-9,12H,1-5H3,(H,17,20)/t12-/m0/s1. The number of hydrogen-bond donors (Lipinski definition) is 1. The number of hydrogen-bond acceptors (Lipinski definition) is 3. The molecular weight excluding hydrogens is 292 g/mol. The number of halogens is 1. The molecule has 0 bridgehead atoms. The average Bonchev–Trinajstić information content (AvgIpc) is 2.34. The highest BCUT2D eigenvalue weighted by molar-refractivity contribution is 6.31. The Morgan fingerprint density at radius 3 is 2.29 bits per heavy atom. The largest absolute Gasteiger partial charge is 0.444 e. The van der Waals surface area contributed by atoms with Crippen LogP contribution in [0.15, 0.2) is 24.3 Å². The fraction of sp³-hybridized carbons (Fsp3) is 0.467. The molecule has 6 heteroatoms. The first-order valence-electron chi connectivity index (χ1n) is 6.57. The molecule has 0 aliphatic rings. The molecular formula is C15H21ClN2O3. The molecule has 1 aromatic carbocycles. The van der Waals surface area contributed by atoms with E-state index in [0.717, 1.165) is 0 Å². The molecule has 0 saturated heterocycles. The lowest BCUT2D eigenvalue weighted by Crippen LogP contribution is -2.42. The van der Waals surface area contributed by atoms with E-state index in [-0.39, 0.29) is 5.91 Å². The number of carbonyl (C=O) groups is 2. The maximum Gasteiger partial charge on any atom is 0.408 e. The van der Waals surface area contributed by atoms with Gasteiger partial charge in [-0.05, 0) is 26.8 Å². The molecule has 0 aliphatic heterocycles. The number of nitrogens with one attached hydrogen (secondary N) is 1. The van der Waals surface area contributed by atoms with Crippen LogP contribution in [-0.2, 0) is 9.53 Å². The van der Waals surface area contributed by atoms with E-state index in [9.17, 15) is 9.59 Å². The van der Waals surface area contributed by atoms with Gasteiger partial charge in [-0.15, -0.1) is 0 Å². The number of nitrogens with zero attached hydrogens (tertiary/aromatic N) is 1. The second-order valence-electron chi connectivity index (χ2n) is 5.83. The lowest BCUT2D eigenvalue weighted by atomic mass is 10.1. The lowest BCUT2D eigenvalue weighted by molar-refractivity contribution is -0.131. The topological polar surface area (TPSA) is 58.6 Å². The molecule has 0 heterocycles. The zero-order valence-corrected chi connectivity index (χ0v) is 13.7. The Bertz CT molecular complexity index is 524. The van der Waals surface area contributed by atoms with Gasteiger partial charge in [0, 0.05) is 24.7 Å². The second-order valence-corrected chi connectivity index (χ2v) is 6.24. The molecule has 0 radical (unpaired) electrons. The summed E-state index contributed by atoms with van der Waals surface area (Å²) in [6.07, 6.45) is -0.664. The number of benzene rings is 1. The van der Waals surface area contributed by atoms with Crippen molar-refractivity contribution in [2.24, 2.45) is 0 Å². The van der Waals surface area contributed by atoms with Crippen molar-refractivity contribution in [1.82, 2.24) is 10.2 Å². The van der Waals surface area contributed by atoms with Gasteiger partial charge in [0.15, 0.2) is 0 Å². The average molecular weight is 313 g/mol. The van der Waals surface area contributed by atoms with Crippen LogP contribution >= 0.6 is 11.6 Å². The normalized spacial score (nSPS) is 12.5. The maximum atomic E-state index is 12.3. The van der Waals surface area contributed by atoms with Crippen LogP contribution < -0.4 is 5.32 Å². The van der Waals surface area contributed by atoms with Crippen LogP contribution in [0.2, 0.25) is 5.02 Å². The zero-order valence-electron chi connectivity index (χ0n) is 12.9. The van der Waals surface area contributed by atoms with Crippen molar-refractivity contribution in [2.75, 3.05) is 14.1 Å². The van der Waals surface area contributed by atoms with Gasteiger partial charge in [-0.25, -0.2) is 4.79 Å². The molecule has 0 unspecified atom stereocenters. The summed E-state index contributed by atoms with van der Waals surface area (Å²) in [7, 11) is 3.23. The predicted octanol–water partition coefficient (Wildman–Crippen LogP) is 2.99. The van der Waals surface area contributed by atoms with Crippen LogP contribution in [0.1, 0.15) is 32.4 Å². The van der Waals surface area contributed by atoms with Crippen LogP contribution in [0.4, 0.5) is 4.79 Å². The number of ether oxygens (including phenoxy) is 1. The first-order chi connectivity index (χ1) is 9.61. The lowest BCUT2D eigenvalue weighted by Gasteiger charge is -2.25. The molecule has 0 saturated carbocycles. The number of likely N-dealkylation sites (N-methyl/N-ethyl adjacent to an activating group) is 1. The Morgan fingerprint density at radius 2 is 1.81 bits per heavy atom. The van der Waals surface area contributed by atoms with Crippen LogP contribution in [0.25, 0.3) is 0 Å². The molecule has 5 nitrogen and oxygen atoms in total. The molecule has 1 atom stereocenters. The quantitative estimate of drug-likeness (QED) is 0.933. The first kappa shape index (κ1) is 17.3. The van der Waals surface area contributed by atoms with E-state index in [1.54, 1.807) is 59.1 Å². The van der Waals surface area contributed by atoms with Crippen molar-refractivity contribution >= 4 is 23.6 Å². The van der Waals surface area contributed by atoms with E-state index in [1.165, 1.54) is 4.90 Å². The maximum absolute atomic E-state index is 12.3. The van der Waals surface area contributed by atoms with Crippen molar-refractivity contribution in [3.05, 3.63) is 34.9 Å². The first-order valence-corrected chi connectivity index (χ1v) is 6.94. The third-order valence-electron chi connectivity index (χ3n) is 2.57. The number of amides is 2. The third-order valence-corrected chi connectivity index (χ3v) is 2.91. The van der Waals surface area contributed by atoms with E-state index >= 15 is 0 Å². The molecule has 0 fully saturated rings. The van der Waals surface area contributed by atoms with Gasteiger partial charge in [0.1, 0.15) is 11.6 Å². The third kappa shape index (κ3) is 5.27. The molecule has 0 aromatic heterocycles. The van der Waals surface area contributed by atoms with Crippen LogP contribution in [0.5, 0.6) is 0 Å². The predicted molar refractivity (Wildman–Crippen MR) is 82.3 cm³/mol. The molecule has 0 aliphatic carbocycles. The fourth-order valence-electron chi connectivity index (χ4n) is 1.67. The highest BCUT2D eigenvalue weighted by atomic mass is 35.5. The number of carbonyl (C=O) groups excluding carboxylic acids is 2. The molecule has 1 N–H and O–H groups in total. The molecule has 2 amide bonds. The van der Waals surface area contributed by atoms with E-state index in [1.807, 2.05) is 0 Å². The van der Waals surface area contributed by atoms with Crippen LogP contribution in [-0.4, -0.2) is 36.6 Å². The van der Waals surface area contributed by atoms with E-state index in [0.29, 0.717) is 10.6 Å². The minimum atomic E-state index is -0.886. The van der Waals surface area contributed by atoms with Crippen LogP contribution in [0.3, 0.4) is 0 Å². The highest BCUT2D eigenvalue weighted by Crippen LogP contribution is 2.24. The highest BCUT2D eigenvalue weighted by Gasteiger charge is 2.28. The van der Waals surface area contributed by atoms with Crippen molar-refractivity contribution < 1.29 is 14.3 Å². The van der Waals surface area contributed by atoms with Gasteiger partial charge in [-0.2, -0.15) is 0 Å². The van der Waals surface area contributed by atoms with Crippen molar-refractivity contribution in [1.29, 1.82) is 0 Å². The summed E-state index contributed by atoms with van der Waals surface area (Å²) in [5.41, 5.74) is -0.111. The molecule has 1 aromatic rings. The van der Waals surface area contributed by atoms with Crippen molar-refractivity contribution in [3.8, 4) is 0 Å². The summed E-state index contributed by atoms with van der Waals surface area (Å²) in [6.45, 7) is 5.26. The van der Waals surface area contributed by atoms with Crippen molar-refractivity contribution in [3.63, 3.8) is 0 Å². The summed E-state index contributed by atoms with van der Waals surface area (Å²) in [5, 5.41) is 2.99. The van der Waals surface area contributed by atoms with Gasteiger partial charge in [0.2, 0.25) is 5.91 Å². The fourth-order valence-corrected chi connectivity index (χ4v) is 1.91. The molecule has 116 valence electrons. The minimum absolute atomic E-state index is 0.283. The summed E-state index contributed by atoms with van der Waals surface area (Å²) in [6, 6.07) is 6.00. The monoisotopic (exact) mass is 312 g/mol. The Hall–Kier alpha value is -1.75. The minimum Gasteiger partial charge on any atom is -0.444 e. The van der Waals surface area contributed by atoms with Gasteiger partial charge in [0.05, 0.1) is 0 Å². The SMILES string of the molecule is CN(C)C(=O)[C@@H](NC(=O)OC(C)(C)C)c1ccccc1Cl. The van der Waals surface area contributed by atoms with Gasteiger partial charge < -0.3 is 15.0 Å². The smallest absolute Gasteiger partial charge is 0.408 e. The molecule has 21 heavy (non-hydrogen) atoms. The summed E-state index contributed by atoms with van der Waals surface area (Å²) >= 11 is 6.12. The van der Waals surface area contributed by atoms with Gasteiger partial charge in [-0.1, -0.05) is 29.8 Å². The van der Waals surface area contributed by atoms with E-state index < -0.39 is 17.7 Å². The number of rotatable bonds is 3.